The van der Waals surface area contributed by atoms with Gasteiger partial charge in [0.25, 0.3) is 5.91 Å². The Bertz CT molecular complexity index is 1190. The number of amides is 2. The molecule has 0 spiro atoms. The van der Waals surface area contributed by atoms with Gasteiger partial charge in [0.15, 0.2) is 0 Å². The number of hydrogen-bond acceptors (Lipinski definition) is 5. The van der Waals surface area contributed by atoms with E-state index in [2.05, 4.69) is 30.9 Å². The molecule has 0 saturated carbocycles. The van der Waals surface area contributed by atoms with E-state index in [4.69, 9.17) is 11.6 Å². The minimum atomic E-state index is -3.76. The molecule has 1 atom stereocenters. The fraction of sp³-hybridized carbons (Fsp3) is 0.391. The highest BCUT2D eigenvalue weighted by molar-refractivity contribution is 7.94. The lowest BCUT2D eigenvalue weighted by molar-refractivity contribution is -0.119. The van der Waals surface area contributed by atoms with E-state index in [1.54, 1.807) is 11.8 Å². The van der Waals surface area contributed by atoms with Crippen molar-refractivity contribution in [3.63, 3.8) is 0 Å². The van der Waals surface area contributed by atoms with Gasteiger partial charge in [0.2, 0.25) is 15.9 Å². The smallest absolute Gasteiger partial charge is 0.255 e. The van der Waals surface area contributed by atoms with Crippen molar-refractivity contribution >= 4 is 44.8 Å². The van der Waals surface area contributed by atoms with Crippen LogP contribution in [-0.4, -0.2) is 57.1 Å². The summed E-state index contributed by atoms with van der Waals surface area (Å²) in [7, 11) is -3.76. The van der Waals surface area contributed by atoms with Gasteiger partial charge in [0.05, 0.1) is 27.9 Å². The first-order valence-electron chi connectivity index (χ1n) is 10.6. The highest BCUT2D eigenvalue weighted by Gasteiger charge is 2.42. The lowest BCUT2D eigenvalue weighted by Gasteiger charge is -2.37. The van der Waals surface area contributed by atoms with Gasteiger partial charge in [0.1, 0.15) is 0 Å². The van der Waals surface area contributed by atoms with Crippen LogP contribution in [0, 0.1) is 19.8 Å². The maximum atomic E-state index is 13.2. The topological polar surface area (TPSA) is 78.0 Å². The van der Waals surface area contributed by atoms with Crippen LogP contribution in [0.2, 0.25) is 5.02 Å². The molecule has 170 valence electrons. The van der Waals surface area contributed by atoms with Crippen molar-refractivity contribution in [1.82, 2.24) is 4.90 Å². The molecule has 2 aliphatic rings. The van der Waals surface area contributed by atoms with Crippen LogP contribution in [0.25, 0.3) is 0 Å². The molecule has 0 radical (unpaired) electrons. The highest BCUT2D eigenvalue weighted by Crippen LogP contribution is 2.32. The second-order valence-corrected chi connectivity index (χ2v) is 10.7. The third-order valence-electron chi connectivity index (χ3n) is 6.26. The molecule has 2 aromatic rings. The van der Waals surface area contributed by atoms with E-state index in [0.717, 1.165) is 4.31 Å². The molecule has 2 aromatic carbocycles. The van der Waals surface area contributed by atoms with Crippen molar-refractivity contribution in [3.05, 3.63) is 58.1 Å². The minimum absolute atomic E-state index is 0.154. The number of piperazine rings is 1. The molecule has 2 saturated heterocycles. The number of benzene rings is 2. The van der Waals surface area contributed by atoms with Crippen molar-refractivity contribution in [2.45, 2.75) is 20.8 Å². The second-order valence-electron chi connectivity index (χ2n) is 8.44. The zero-order valence-corrected chi connectivity index (χ0v) is 19.9. The van der Waals surface area contributed by atoms with Crippen molar-refractivity contribution in [3.8, 4) is 0 Å². The predicted molar refractivity (Wildman–Crippen MR) is 126 cm³/mol. The van der Waals surface area contributed by atoms with Crippen LogP contribution < -0.4 is 9.21 Å². The number of hydrogen-bond donors (Lipinski definition) is 0. The third-order valence-corrected chi connectivity index (χ3v) is 8.46. The van der Waals surface area contributed by atoms with Crippen LogP contribution in [0.1, 0.15) is 28.4 Å². The van der Waals surface area contributed by atoms with Crippen LogP contribution in [0.4, 0.5) is 11.4 Å². The molecule has 0 aromatic heterocycles. The fourth-order valence-corrected chi connectivity index (χ4v) is 6.30. The minimum Gasteiger partial charge on any atom is -0.368 e. The maximum absolute atomic E-state index is 13.2. The van der Waals surface area contributed by atoms with Crippen LogP contribution >= 0.6 is 11.6 Å². The number of sulfonamides is 1. The zero-order chi connectivity index (χ0) is 23.2. The molecular weight excluding hydrogens is 450 g/mol. The first kappa shape index (κ1) is 22.6. The van der Waals surface area contributed by atoms with E-state index >= 15 is 0 Å². The van der Waals surface area contributed by atoms with E-state index < -0.39 is 21.8 Å². The Morgan fingerprint density at radius 1 is 1.06 bits per heavy atom. The van der Waals surface area contributed by atoms with Gasteiger partial charge >= 0.3 is 0 Å². The zero-order valence-electron chi connectivity index (χ0n) is 18.3. The van der Waals surface area contributed by atoms with Crippen molar-refractivity contribution < 1.29 is 18.0 Å². The van der Waals surface area contributed by atoms with Crippen LogP contribution in [0.5, 0.6) is 0 Å². The summed E-state index contributed by atoms with van der Waals surface area (Å²) in [4.78, 5) is 29.6. The summed E-state index contributed by atoms with van der Waals surface area (Å²) in [6.45, 7) is 8.17. The Morgan fingerprint density at radius 2 is 1.75 bits per heavy atom. The average molecular weight is 476 g/mol. The SMILES string of the molecule is Cc1cccc(N2CCN(C(=O)c3cc(N4C(=O)C(C)CS4(=O)=O)ccc3Cl)CC2)c1C. The quantitative estimate of drug-likeness (QED) is 0.681. The highest BCUT2D eigenvalue weighted by atomic mass is 35.5. The number of carbonyl (C=O) groups is 2. The summed E-state index contributed by atoms with van der Waals surface area (Å²) in [5.74, 6) is -1.62. The summed E-state index contributed by atoms with van der Waals surface area (Å²) in [5, 5.41) is 0.229. The lowest BCUT2D eigenvalue weighted by Crippen LogP contribution is -2.49. The number of rotatable bonds is 3. The third kappa shape index (κ3) is 3.97. The summed E-state index contributed by atoms with van der Waals surface area (Å²) >= 11 is 6.31. The summed E-state index contributed by atoms with van der Waals surface area (Å²) in [5.41, 5.74) is 3.98. The number of halogens is 1. The van der Waals surface area contributed by atoms with Crippen LogP contribution in [-0.2, 0) is 14.8 Å². The number of carbonyl (C=O) groups excluding carboxylic acids is 2. The van der Waals surface area contributed by atoms with Crippen LogP contribution in [0.3, 0.4) is 0 Å². The Balaban J connectivity index is 1.54. The van der Waals surface area contributed by atoms with E-state index in [9.17, 15) is 18.0 Å². The summed E-state index contributed by atoms with van der Waals surface area (Å²) in [6, 6.07) is 10.6. The summed E-state index contributed by atoms with van der Waals surface area (Å²) < 4.78 is 25.7. The predicted octanol–water partition coefficient (Wildman–Crippen LogP) is 3.23. The van der Waals surface area contributed by atoms with Gasteiger partial charge in [0, 0.05) is 31.9 Å². The Morgan fingerprint density at radius 3 is 2.38 bits per heavy atom. The van der Waals surface area contributed by atoms with E-state index in [1.165, 1.54) is 35.0 Å². The van der Waals surface area contributed by atoms with Crippen molar-refractivity contribution in [2.24, 2.45) is 5.92 Å². The monoisotopic (exact) mass is 475 g/mol. The van der Waals surface area contributed by atoms with Gasteiger partial charge in [-0.15, -0.1) is 0 Å². The maximum Gasteiger partial charge on any atom is 0.255 e. The van der Waals surface area contributed by atoms with E-state index in [-0.39, 0.29) is 27.9 Å². The molecule has 1 unspecified atom stereocenters. The van der Waals surface area contributed by atoms with Gasteiger partial charge in [-0.25, -0.2) is 12.7 Å². The molecule has 0 aliphatic carbocycles. The number of anilines is 2. The Kier molecular flexibility index (Phi) is 5.94. The van der Waals surface area contributed by atoms with E-state index in [0.29, 0.717) is 26.2 Å². The van der Waals surface area contributed by atoms with Gasteiger partial charge in [-0.1, -0.05) is 30.7 Å². The van der Waals surface area contributed by atoms with Gasteiger partial charge in [-0.2, -0.15) is 0 Å². The normalized spacial score (nSPS) is 20.7. The van der Waals surface area contributed by atoms with Gasteiger partial charge < -0.3 is 9.80 Å². The molecule has 2 aliphatic heterocycles. The molecule has 32 heavy (non-hydrogen) atoms. The largest absolute Gasteiger partial charge is 0.368 e. The molecule has 4 rings (SSSR count). The summed E-state index contributed by atoms with van der Waals surface area (Å²) in [6.07, 6.45) is 0. The molecule has 2 amide bonds. The standard InChI is InChI=1S/C23H26ClN3O4S/c1-15-5-4-6-21(17(15)3)25-9-11-26(12-10-25)23(29)19-13-18(7-8-20(19)24)27-22(28)16(2)14-32(27,30)31/h4-8,13,16H,9-12,14H2,1-3H3. The van der Waals surface area contributed by atoms with Gasteiger partial charge in [-0.3, -0.25) is 9.59 Å². The second kappa shape index (κ2) is 8.41. The average Bonchev–Trinajstić information content (AvgIpc) is 2.97. The first-order chi connectivity index (χ1) is 15.1. The first-order valence-corrected chi connectivity index (χ1v) is 12.6. The van der Waals surface area contributed by atoms with Gasteiger partial charge in [-0.05, 0) is 49.2 Å². The number of nitrogens with zero attached hydrogens (tertiary/aromatic N) is 3. The molecular formula is C23H26ClN3O4S. The Hall–Kier alpha value is -2.58. The lowest BCUT2D eigenvalue weighted by atomic mass is 10.1. The molecule has 0 bridgehead atoms. The molecule has 2 fully saturated rings. The van der Waals surface area contributed by atoms with Crippen molar-refractivity contribution in [1.29, 1.82) is 0 Å². The van der Waals surface area contributed by atoms with Crippen LogP contribution in [0.15, 0.2) is 36.4 Å². The molecule has 2 heterocycles. The van der Waals surface area contributed by atoms with Crippen molar-refractivity contribution in [2.75, 3.05) is 41.1 Å². The fourth-order valence-electron chi connectivity index (χ4n) is 4.29. The Labute approximate surface area is 193 Å². The molecule has 0 N–H and O–H groups in total. The molecule has 7 nitrogen and oxygen atoms in total. The van der Waals surface area contributed by atoms with E-state index in [1.807, 2.05) is 6.07 Å². The number of aryl methyl sites for hydroxylation is 1. The molecule has 9 heteroatoms.